The summed E-state index contributed by atoms with van der Waals surface area (Å²) in [6.07, 6.45) is 2.53. The molecule has 0 bridgehead atoms. The first-order valence-corrected chi connectivity index (χ1v) is 5.12. The highest BCUT2D eigenvalue weighted by atomic mass is 15.4. The summed E-state index contributed by atoms with van der Waals surface area (Å²) >= 11 is 0. The molecule has 0 fully saturated rings. The lowest BCUT2D eigenvalue weighted by Crippen LogP contribution is -2.41. The van der Waals surface area contributed by atoms with Crippen LogP contribution in [0.4, 0.5) is 0 Å². The molecule has 1 aromatic rings. The minimum atomic E-state index is 1.15. The van der Waals surface area contributed by atoms with Crippen molar-refractivity contribution in [1.82, 2.24) is 4.68 Å². The van der Waals surface area contributed by atoms with Crippen molar-refractivity contribution in [2.75, 3.05) is 0 Å². The average Bonchev–Trinajstić information content (AvgIpc) is 2.30. The van der Waals surface area contributed by atoms with Crippen LogP contribution in [0.1, 0.15) is 36.7 Å². The van der Waals surface area contributed by atoms with Gasteiger partial charge in [-0.1, -0.05) is 13.3 Å². The number of unbranched alkanes of at least 4 members (excludes halogenated alkanes) is 1. The Bertz CT molecular complexity index is 272. The molecule has 0 saturated heterocycles. The predicted molar refractivity (Wildman–Crippen MR) is 54.7 cm³/mol. The van der Waals surface area contributed by atoms with Crippen molar-refractivity contribution < 1.29 is 4.68 Å². The third-order valence-corrected chi connectivity index (χ3v) is 3.04. The van der Waals surface area contributed by atoms with Gasteiger partial charge in [-0.05, 0) is 20.3 Å². The van der Waals surface area contributed by atoms with E-state index in [1.165, 1.54) is 29.8 Å². The summed E-state index contributed by atoms with van der Waals surface area (Å²) in [6.45, 7) is 9.97. The van der Waals surface area contributed by atoms with Crippen LogP contribution in [0, 0.1) is 20.8 Å². The monoisotopic (exact) mass is 181 g/mol. The van der Waals surface area contributed by atoms with Gasteiger partial charge in [0.05, 0.1) is 12.2 Å². The first-order valence-electron chi connectivity index (χ1n) is 5.12. The number of aromatic nitrogens is 2. The van der Waals surface area contributed by atoms with Crippen LogP contribution < -0.4 is 4.68 Å². The summed E-state index contributed by atoms with van der Waals surface area (Å²) in [7, 11) is 2.14. The Hall–Kier alpha value is -0.790. The molecule has 0 aliphatic heterocycles. The Labute approximate surface area is 81.2 Å². The average molecular weight is 181 g/mol. The van der Waals surface area contributed by atoms with Crippen LogP contribution in [0.2, 0.25) is 0 Å². The lowest BCUT2D eigenvalue weighted by Gasteiger charge is -2.01. The Balaban J connectivity index is 2.99. The maximum absolute atomic E-state index is 2.37. The normalized spacial score (nSPS) is 10.8. The van der Waals surface area contributed by atoms with E-state index in [2.05, 4.69) is 44.1 Å². The lowest BCUT2D eigenvalue weighted by molar-refractivity contribution is -0.759. The molecule has 0 unspecified atom stereocenters. The van der Waals surface area contributed by atoms with Crippen molar-refractivity contribution >= 4 is 0 Å². The van der Waals surface area contributed by atoms with E-state index in [1.807, 2.05) is 0 Å². The third-order valence-electron chi connectivity index (χ3n) is 3.04. The van der Waals surface area contributed by atoms with Crippen molar-refractivity contribution in [2.24, 2.45) is 7.05 Å². The molecule has 1 aromatic heterocycles. The van der Waals surface area contributed by atoms with Gasteiger partial charge in [-0.15, -0.1) is 4.68 Å². The molecule has 0 atom stereocenters. The summed E-state index contributed by atoms with van der Waals surface area (Å²) in [6, 6.07) is 0. The van der Waals surface area contributed by atoms with E-state index in [1.54, 1.807) is 0 Å². The highest BCUT2D eigenvalue weighted by Gasteiger charge is 2.17. The van der Waals surface area contributed by atoms with Gasteiger partial charge in [0.2, 0.25) is 5.69 Å². The largest absolute Gasteiger partial charge is 0.207 e. The molecule has 1 heterocycles. The Morgan fingerprint density at radius 2 is 1.85 bits per heavy atom. The lowest BCUT2D eigenvalue weighted by atomic mass is 10.2. The quantitative estimate of drug-likeness (QED) is 0.631. The van der Waals surface area contributed by atoms with Crippen LogP contribution in [-0.2, 0) is 13.6 Å². The second kappa shape index (κ2) is 3.95. The molecule has 2 nitrogen and oxygen atoms in total. The second-order valence-corrected chi connectivity index (χ2v) is 3.80. The fraction of sp³-hybridized carbons (Fsp3) is 0.727. The van der Waals surface area contributed by atoms with Gasteiger partial charge in [-0.25, -0.2) is 0 Å². The van der Waals surface area contributed by atoms with Crippen LogP contribution in [-0.4, -0.2) is 4.68 Å². The first kappa shape index (κ1) is 10.3. The first-order chi connectivity index (χ1) is 6.09. The van der Waals surface area contributed by atoms with Crippen molar-refractivity contribution in [2.45, 2.75) is 47.1 Å². The minimum absolute atomic E-state index is 1.15. The molecule has 0 aromatic carbocycles. The molecule has 0 saturated carbocycles. The van der Waals surface area contributed by atoms with Crippen LogP contribution in [0.15, 0.2) is 0 Å². The van der Waals surface area contributed by atoms with E-state index in [4.69, 9.17) is 0 Å². The Morgan fingerprint density at radius 1 is 1.23 bits per heavy atom. The standard InChI is InChI=1S/C11H21N2/c1-6-7-8-13-11(4)9(2)10(3)12(13)5/h6-8H2,1-5H3/q+1. The molecule has 0 amide bonds. The Morgan fingerprint density at radius 3 is 2.23 bits per heavy atom. The molecule has 0 spiro atoms. The van der Waals surface area contributed by atoms with Crippen LogP contribution in [0.5, 0.6) is 0 Å². The number of nitrogens with zero attached hydrogens (tertiary/aromatic N) is 2. The topological polar surface area (TPSA) is 8.81 Å². The smallest absolute Gasteiger partial charge is 0.158 e. The molecular formula is C11H21N2+. The predicted octanol–water partition coefficient (Wildman–Crippen LogP) is 2.04. The van der Waals surface area contributed by atoms with Crippen LogP contribution >= 0.6 is 0 Å². The number of hydrogen-bond acceptors (Lipinski definition) is 0. The fourth-order valence-corrected chi connectivity index (χ4v) is 1.73. The van der Waals surface area contributed by atoms with E-state index in [0.29, 0.717) is 0 Å². The minimum Gasteiger partial charge on any atom is -0.158 e. The van der Waals surface area contributed by atoms with Crippen molar-refractivity contribution in [3.05, 3.63) is 17.0 Å². The number of rotatable bonds is 3. The van der Waals surface area contributed by atoms with E-state index in [-0.39, 0.29) is 0 Å². The summed E-state index contributed by atoms with van der Waals surface area (Å²) in [5.41, 5.74) is 4.22. The van der Waals surface area contributed by atoms with E-state index in [0.717, 1.165) is 6.54 Å². The molecule has 0 radical (unpaired) electrons. The van der Waals surface area contributed by atoms with E-state index >= 15 is 0 Å². The maximum Gasteiger partial charge on any atom is 0.207 e. The van der Waals surface area contributed by atoms with Gasteiger partial charge in [0.15, 0.2) is 7.05 Å². The third kappa shape index (κ3) is 1.77. The van der Waals surface area contributed by atoms with Crippen molar-refractivity contribution in [3.8, 4) is 0 Å². The summed E-state index contributed by atoms with van der Waals surface area (Å²) < 4.78 is 4.63. The summed E-state index contributed by atoms with van der Waals surface area (Å²) in [4.78, 5) is 0. The van der Waals surface area contributed by atoms with Crippen molar-refractivity contribution in [3.63, 3.8) is 0 Å². The Kier molecular flexibility index (Phi) is 3.12. The highest BCUT2D eigenvalue weighted by Crippen LogP contribution is 2.09. The van der Waals surface area contributed by atoms with Gasteiger partial charge in [-0.3, -0.25) is 0 Å². The fourth-order valence-electron chi connectivity index (χ4n) is 1.73. The summed E-state index contributed by atoms with van der Waals surface area (Å²) in [5, 5.41) is 0. The molecule has 0 aliphatic carbocycles. The van der Waals surface area contributed by atoms with Crippen molar-refractivity contribution in [1.29, 1.82) is 0 Å². The molecular weight excluding hydrogens is 160 g/mol. The van der Waals surface area contributed by atoms with E-state index < -0.39 is 0 Å². The number of hydrogen-bond donors (Lipinski definition) is 0. The molecule has 13 heavy (non-hydrogen) atoms. The maximum atomic E-state index is 2.37. The zero-order valence-corrected chi connectivity index (χ0v) is 9.52. The molecule has 0 N–H and O–H groups in total. The van der Waals surface area contributed by atoms with Gasteiger partial charge < -0.3 is 0 Å². The SMILES string of the molecule is CCCCn1c(C)c(C)c(C)[n+]1C. The van der Waals surface area contributed by atoms with Gasteiger partial charge in [-0.2, -0.15) is 4.68 Å². The van der Waals surface area contributed by atoms with Gasteiger partial charge in [0, 0.05) is 12.5 Å². The highest BCUT2D eigenvalue weighted by molar-refractivity contribution is 5.18. The second-order valence-electron chi connectivity index (χ2n) is 3.80. The van der Waals surface area contributed by atoms with Gasteiger partial charge >= 0.3 is 0 Å². The molecule has 2 heteroatoms. The molecule has 1 rings (SSSR count). The van der Waals surface area contributed by atoms with Gasteiger partial charge in [0.1, 0.15) is 0 Å². The zero-order valence-electron chi connectivity index (χ0n) is 9.52. The molecule has 0 aliphatic rings. The summed E-state index contributed by atoms with van der Waals surface area (Å²) in [5.74, 6) is 0. The molecule has 74 valence electrons. The van der Waals surface area contributed by atoms with Gasteiger partial charge in [0.25, 0.3) is 0 Å². The van der Waals surface area contributed by atoms with Crippen LogP contribution in [0.3, 0.4) is 0 Å². The van der Waals surface area contributed by atoms with E-state index in [9.17, 15) is 0 Å². The van der Waals surface area contributed by atoms with Crippen LogP contribution in [0.25, 0.3) is 0 Å². The zero-order chi connectivity index (χ0) is 10.0.